The molecule has 2 aliphatic heterocycles. The number of rotatable bonds is 25. The molecule has 2 saturated heterocycles. The number of aryl methyl sites for hydroxylation is 1. The average molecular weight is 848 g/mol. The van der Waals surface area contributed by atoms with Crippen LogP contribution in [0.3, 0.4) is 0 Å². The Labute approximate surface area is 359 Å². The maximum atomic E-state index is 14.4. The molecule has 0 aromatic heterocycles. The molecule has 4 rings (SSSR count). The first-order valence-electron chi connectivity index (χ1n) is 21.4. The van der Waals surface area contributed by atoms with Crippen molar-refractivity contribution in [3.05, 3.63) is 71.8 Å². The third kappa shape index (κ3) is 17.4. The Kier molecular flexibility index (Phi) is 19.3. The summed E-state index contributed by atoms with van der Waals surface area (Å²) < 4.78 is 11.2. The number of epoxide rings is 1. The molecule has 2 fully saturated rings. The molecule has 5 amide bonds. The summed E-state index contributed by atoms with van der Waals surface area (Å²) in [5, 5.41) is 25.3. The van der Waals surface area contributed by atoms with Crippen molar-refractivity contribution in [1.82, 2.24) is 31.6 Å². The molecule has 2 aromatic rings. The number of carbonyl (C=O) groups is 6. The molecule has 61 heavy (non-hydrogen) atoms. The van der Waals surface area contributed by atoms with Crippen LogP contribution in [0.1, 0.15) is 84.3 Å². The summed E-state index contributed by atoms with van der Waals surface area (Å²) >= 11 is 0. The first-order valence-corrected chi connectivity index (χ1v) is 21.4. The number of hydrogen-bond acceptors (Lipinski definition) is 10. The molecule has 4 unspecified atom stereocenters. The van der Waals surface area contributed by atoms with Crippen LogP contribution in [-0.4, -0.2) is 120 Å². The highest BCUT2D eigenvalue weighted by atomic mass is 16.6. The summed E-state index contributed by atoms with van der Waals surface area (Å²) in [5.41, 5.74) is 3.85. The molecular formula is C45H65N7O9. The first-order chi connectivity index (χ1) is 29.1. The van der Waals surface area contributed by atoms with Crippen LogP contribution in [0.25, 0.3) is 0 Å². The topological polar surface area (TPSA) is 220 Å². The number of carboxylic acid groups (broad SMARTS) is 1. The third-order valence-corrected chi connectivity index (χ3v) is 10.5. The van der Waals surface area contributed by atoms with Gasteiger partial charge in [0.25, 0.3) is 0 Å². The van der Waals surface area contributed by atoms with Crippen LogP contribution >= 0.6 is 0 Å². The quantitative estimate of drug-likeness (QED) is 0.0488. The van der Waals surface area contributed by atoms with Gasteiger partial charge in [-0.2, -0.15) is 5.10 Å². The molecule has 0 radical (unpaired) electrons. The van der Waals surface area contributed by atoms with E-state index in [-0.39, 0.29) is 56.4 Å². The minimum absolute atomic E-state index is 0.0241. The van der Waals surface area contributed by atoms with E-state index in [4.69, 9.17) is 14.6 Å². The molecule has 2 heterocycles. The second-order valence-electron chi connectivity index (χ2n) is 17.0. The standard InChI is InChI=1S/C45H65N7O9/c1-30(2)25-35(41(45(5)29-61-45)51-50-38(53)17-12-18-40(55)56)47-44(59)37(27-33-15-10-7-11-16-33)49-43(58)36(26-31(3)4)48-42(57)34(20-19-32-13-8-6-9-14-32)46-39(54)28-52-21-23-60-24-22-52/h6-11,13-16,30-31,34-37H,12,17-29H2,1-5H3,(H,46,54)(H,47,59)(H,48,57)(H,49,58)(H,50,53)(H,55,56)/b51-41-/t34?,35?,36?,37?,45-/m1/s1. The van der Waals surface area contributed by atoms with Gasteiger partial charge in [0.15, 0.2) is 0 Å². The molecule has 0 aliphatic carbocycles. The molecule has 2 aromatic carbocycles. The number of aliphatic carboxylic acids is 1. The number of carboxylic acids is 1. The monoisotopic (exact) mass is 847 g/mol. The second-order valence-corrected chi connectivity index (χ2v) is 17.0. The Morgan fingerprint density at radius 1 is 0.721 bits per heavy atom. The van der Waals surface area contributed by atoms with Gasteiger partial charge in [0.05, 0.1) is 38.1 Å². The zero-order chi connectivity index (χ0) is 44.4. The van der Waals surface area contributed by atoms with Crippen molar-refractivity contribution in [1.29, 1.82) is 0 Å². The minimum Gasteiger partial charge on any atom is -0.481 e. The second kappa shape index (κ2) is 24.3. The highest BCUT2D eigenvalue weighted by Gasteiger charge is 2.49. The maximum Gasteiger partial charge on any atom is 0.303 e. The van der Waals surface area contributed by atoms with Crippen LogP contribution in [0, 0.1) is 11.8 Å². The number of benzene rings is 2. The molecule has 6 N–H and O–H groups in total. The van der Waals surface area contributed by atoms with E-state index in [1.54, 1.807) is 0 Å². The predicted molar refractivity (Wildman–Crippen MR) is 230 cm³/mol. The number of amides is 5. The smallest absolute Gasteiger partial charge is 0.303 e. The molecule has 2 aliphatic rings. The van der Waals surface area contributed by atoms with Crippen LogP contribution in [0.4, 0.5) is 0 Å². The van der Waals surface area contributed by atoms with Crippen molar-refractivity contribution < 1.29 is 43.3 Å². The van der Waals surface area contributed by atoms with Gasteiger partial charge < -0.3 is 35.8 Å². The number of nitrogens with zero attached hydrogens (tertiary/aromatic N) is 2. The number of ether oxygens (including phenoxy) is 2. The fourth-order valence-corrected chi connectivity index (χ4v) is 7.12. The first kappa shape index (κ1) is 48.5. The van der Waals surface area contributed by atoms with Gasteiger partial charge in [0.2, 0.25) is 29.5 Å². The van der Waals surface area contributed by atoms with Crippen LogP contribution in [-0.2, 0) is 51.1 Å². The van der Waals surface area contributed by atoms with Crippen molar-refractivity contribution in [2.24, 2.45) is 16.9 Å². The predicted octanol–water partition coefficient (Wildman–Crippen LogP) is 2.74. The van der Waals surface area contributed by atoms with E-state index in [2.05, 4.69) is 31.8 Å². The Morgan fingerprint density at radius 2 is 1.26 bits per heavy atom. The summed E-state index contributed by atoms with van der Waals surface area (Å²) in [7, 11) is 0. The minimum atomic E-state index is -1.09. The number of hydrogen-bond donors (Lipinski definition) is 6. The van der Waals surface area contributed by atoms with Gasteiger partial charge in [-0.25, -0.2) is 5.43 Å². The zero-order valence-electron chi connectivity index (χ0n) is 36.2. The van der Waals surface area contributed by atoms with Crippen molar-refractivity contribution >= 4 is 41.2 Å². The Balaban J connectivity index is 1.55. The van der Waals surface area contributed by atoms with E-state index in [1.165, 1.54) is 0 Å². The van der Waals surface area contributed by atoms with E-state index in [1.807, 2.05) is 100 Å². The largest absolute Gasteiger partial charge is 0.481 e. The lowest BCUT2D eigenvalue weighted by Crippen LogP contribution is -2.59. The Bertz CT molecular complexity index is 1780. The van der Waals surface area contributed by atoms with Crippen LogP contribution in [0.2, 0.25) is 0 Å². The summed E-state index contributed by atoms with van der Waals surface area (Å²) in [6, 6.07) is 15.1. The van der Waals surface area contributed by atoms with Gasteiger partial charge in [0.1, 0.15) is 23.7 Å². The molecule has 0 bridgehead atoms. The van der Waals surface area contributed by atoms with Gasteiger partial charge in [0, 0.05) is 32.4 Å². The van der Waals surface area contributed by atoms with Gasteiger partial charge in [-0.1, -0.05) is 88.4 Å². The Morgan fingerprint density at radius 3 is 1.85 bits per heavy atom. The molecule has 0 saturated carbocycles. The van der Waals surface area contributed by atoms with Crippen LogP contribution in [0.5, 0.6) is 0 Å². The normalized spacial score (nSPS) is 18.6. The maximum absolute atomic E-state index is 14.4. The fourth-order valence-electron chi connectivity index (χ4n) is 7.12. The van der Waals surface area contributed by atoms with Crippen molar-refractivity contribution in [3.63, 3.8) is 0 Å². The zero-order valence-corrected chi connectivity index (χ0v) is 36.2. The van der Waals surface area contributed by atoms with E-state index in [0.29, 0.717) is 57.9 Å². The van der Waals surface area contributed by atoms with E-state index < -0.39 is 59.4 Å². The van der Waals surface area contributed by atoms with Gasteiger partial charge in [-0.15, -0.1) is 0 Å². The van der Waals surface area contributed by atoms with E-state index in [9.17, 15) is 28.8 Å². The van der Waals surface area contributed by atoms with Crippen molar-refractivity contribution in [2.45, 2.75) is 116 Å². The molecule has 5 atom stereocenters. The van der Waals surface area contributed by atoms with Crippen molar-refractivity contribution in [2.75, 3.05) is 39.5 Å². The number of carbonyl (C=O) groups excluding carboxylic acids is 5. The van der Waals surface area contributed by atoms with Crippen LogP contribution in [0.15, 0.2) is 65.8 Å². The lowest BCUT2D eigenvalue weighted by Gasteiger charge is -2.29. The highest BCUT2D eigenvalue weighted by Crippen LogP contribution is 2.31. The van der Waals surface area contributed by atoms with E-state index >= 15 is 0 Å². The SMILES string of the molecule is CC(C)CC(NC(=O)C(CCc1ccccc1)NC(=O)CN1CCOCC1)C(=O)NC(Cc1ccccc1)C(=O)NC(CC(C)C)/C(=N/NC(=O)CCCC(=O)O)[C@@]1(C)CO1. The van der Waals surface area contributed by atoms with Crippen LogP contribution < -0.4 is 26.7 Å². The number of hydrazone groups is 1. The fraction of sp³-hybridized carbons (Fsp3) is 0.578. The van der Waals surface area contributed by atoms with E-state index in [0.717, 1.165) is 11.1 Å². The third-order valence-electron chi connectivity index (χ3n) is 10.5. The summed E-state index contributed by atoms with van der Waals surface area (Å²) in [5.74, 6) is -3.29. The lowest BCUT2D eigenvalue weighted by molar-refractivity contribution is -0.137. The summed E-state index contributed by atoms with van der Waals surface area (Å²) in [6.07, 6.45) is 1.57. The molecule has 0 spiro atoms. The van der Waals surface area contributed by atoms with Crippen molar-refractivity contribution in [3.8, 4) is 0 Å². The molecule has 16 heteroatoms. The molecule has 334 valence electrons. The summed E-state index contributed by atoms with van der Waals surface area (Å²) in [4.78, 5) is 81.7. The van der Waals surface area contributed by atoms with Gasteiger partial charge >= 0.3 is 5.97 Å². The summed E-state index contributed by atoms with van der Waals surface area (Å²) in [6.45, 7) is 12.3. The molecule has 16 nitrogen and oxygen atoms in total. The number of nitrogens with one attached hydrogen (secondary N) is 5. The Hall–Kier alpha value is -5.19. The van der Waals surface area contributed by atoms with Gasteiger partial charge in [-0.05, 0) is 62.0 Å². The van der Waals surface area contributed by atoms with Gasteiger partial charge in [-0.3, -0.25) is 33.7 Å². The number of morpholine rings is 1. The highest BCUT2D eigenvalue weighted by molar-refractivity contribution is 6.02. The lowest BCUT2D eigenvalue weighted by atomic mass is 9.92. The molecular weight excluding hydrogens is 783 g/mol. The average Bonchev–Trinajstić information content (AvgIpc) is 3.96.